The van der Waals surface area contributed by atoms with E-state index in [1.54, 1.807) is 0 Å². The molecule has 0 aliphatic heterocycles. The Labute approximate surface area is 444 Å². The Bertz CT molecular complexity index is 1060. The van der Waals surface area contributed by atoms with Crippen LogP contribution in [-0.4, -0.2) is 47.4 Å². The number of hydrogen-bond donors (Lipinski definition) is 3. The molecule has 0 bridgehead atoms. The van der Waals surface area contributed by atoms with Crippen LogP contribution in [0.2, 0.25) is 0 Å². The minimum Gasteiger partial charge on any atom is -0.466 e. The molecule has 6 nitrogen and oxygen atoms in total. The predicted octanol–water partition coefficient (Wildman–Crippen LogP) is 20.4. The minimum atomic E-state index is -0.675. The molecule has 0 heterocycles. The van der Waals surface area contributed by atoms with Crippen LogP contribution in [0.4, 0.5) is 0 Å². The number of carbonyl (C=O) groups is 2. The van der Waals surface area contributed by atoms with Crippen molar-refractivity contribution in [2.24, 2.45) is 0 Å². The van der Waals surface area contributed by atoms with Crippen LogP contribution in [0.5, 0.6) is 0 Å². The van der Waals surface area contributed by atoms with E-state index in [1.807, 2.05) is 0 Å². The average molecular weight is 1000 g/mol. The molecule has 0 aromatic heterocycles. The number of esters is 1. The maximum atomic E-state index is 12.5. The molecule has 0 saturated carbocycles. The number of allylic oxidation sites excluding steroid dienone is 2. The molecule has 2 atom stereocenters. The van der Waals surface area contributed by atoms with Gasteiger partial charge in [-0.2, -0.15) is 0 Å². The Morgan fingerprint density at radius 2 is 0.662 bits per heavy atom. The van der Waals surface area contributed by atoms with Crippen LogP contribution in [0.15, 0.2) is 12.2 Å². The van der Waals surface area contributed by atoms with Crippen molar-refractivity contribution in [3.05, 3.63) is 12.2 Å². The van der Waals surface area contributed by atoms with E-state index in [0.717, 1.165) is 70.6 Å². The van der Waals surface area contributed by atoms with E-state index in [-0.39, 0.29) is 18.5 Å². The van der Waals surface area contributed by atoms with Crippen LogP contribution in [0.1, 0.15) is 367 Å². The lowest BCUT2D eigenvalue weighted by Crippen LogP contribution is -2.45. The molecule has 71 heavy (non-hydrogen) atoms. The van der Waals surface area contributed by atoms with E-state index in [4.69, 9.17) is 4.74 Å². The number of ether oxygens (including phenoxy) is 1. The quantitative estimate of drug-likeness (QED) is 0.0320. The van der Waals surface area contributed by atoms with Crippen molar-refractivity contribution in [3.63, 3.8) is 0 Å². The summed E-state index contributed by atoms with van der Waals surface area (Å²) in [7, 11) is 0. The fourth-order valence-electron chi connectivity index (χ4n) is 10.3. The van der Waals surface area contributed by atoms with Gasteiger partial charge in [0.2, 0.25) is 5.91 Å². The Kier molecular flexibility index (Phi) is 59.9. The number of hydrogen-bond acceptors (Lipinski definition) is 5. The number of rotatable bonds is 61. The standard InChI is InChI=1S/C65H127NO5/c1-3-5-7-9-11-13-15-17-19-20-21-22-23-24-25-26-27-28-30-33-37-41-45-49-53-57-63(68)62(61-67)66-64(69)58-54-50-46-42-38-34-31-29-32-36-40-44-48-52-56-60-71-65(70)59-55-51-47-43-39-35-18-16-14-12-10-8-6-4-2/h32,36,62-63,67-68H,3-31,33-35,37-61H2,1-2H3,(H,66,69)/b36-32-. The molecule has 2 unspecified atom stereocenters. The summed E-state index contributed by atoms with van der Waals surface area (Å²) in [5, 5.41) is 23.4. The molecule has 0 aromatic rings. The van der Waals surface area contributed by atoms with E-state index in [0.29, 0.717) is 25.9 Å². The number of aliphatic hydroxyl groups excluding tert-OH is 2. The van der Waals surface area contributed by atoms with Gasteiger partial charge in [0.1, 0.15) is 0 Å². The molecule has 0 aliphatic carbocycles. The van der Waals surface area contributed by atoms with E-state index in [9.17, 15) is 19.8 Å². The highest BCUT2D eigenvalue weighted by atomic mass is 16.5. The van der Waals surface area contributed by atoms with Gasteiger partial charge in [-0.05, 0) is 51.4 Å². The second kappa shape index (κ2) is 61.1. The predicted molar refractivity (Wildman–Crippen MR) is 310 cm³/mol. The van der Waals surface area contributed by atoms with Crippen molar-refractivity contribution in [2.45, 2.75) is 379 Å². The second-order valence-electron chi connectivity index (χ2n) is 22.5. The summed E-state index contributed by atoms with van der Waals surface area (Å²) in [5.41, 5.74) is 0. The van der Waals surface area contributed by atoms with Gasteiger partial charge in [-0.25, -0.2) is 0 Å². The van der Waals surface area contributed by atoms with E-state index in [2.05, 4.69) is 31.3 Å². The van der Waals surface area contributed by atoms with Crippen LogP contribution in [0.3, 0.4) is 0 Å². The fourth-order valence-corrected chi connectivity index (χ4v) is 10.3. The van der Waals surface area contributed by atoms with Gasteiger partial charge in [0.15, 0.2) is 0 Å². The summed E-state index contributed by atoms with van der Waals surface area (Å²) in [6.45, 7) is 4.95. The molecule has 0 saturated heterocycles. The highest BCUT2D eigenvalue weighted by Gasteiger charge is 2.20. The Morgan fingerprint density at radius 3 is 1.00 bits per heavy atom. The zero-order valence-corrected chi connectivity index (χ0v) is 48.2. The number of amides is 1. The van der Waals surface area contributed by atoms with E-state index < -0.39 is 12.1 Å². The van der Waals surface area contributed by atoms with E-state index in [1.165, 1.54) is 263 Å². The summed E-state index contributed by atoms with van der Waals surface area (Å²) in [4.78, 5) is 24.6. The third kappa shape index (κ3) is 57.7. The van der Waals surface area contributed by atoms with Gasteiger partial charge in [-0.3, -0.25) is 9.59 Å². The van der Waals surface area contributed by atoms with Crippen LogP contribution < -0.4 is 5.32 Å². The van der Waals surface area contributed by atoms with E-state index >= 15 is 0 Å². The topological polar surface area (TPSA) is 95.9 Å². The third-order valence-electron chi connectivity index (χ3n) is 15.3. The fraction of sp³-hybridized carbons (Fsp3) is 0.938. The molecule has 0 radical (unpaired) electrons. The van der Waals surface area contributed by atoms with Crippen molar-refractivity contribution >= 4 is 11.9 Å². The normalized spacial score (nSPS) is 12.6. The van der Waals surface area contributed by atoms with Gasteiger partial charge in [0.05, 0.1) is 25.4 Å². The number of unbranched alkanes of at least 4 members (excludes halogenated alkanes) is 48. The highest BCUT2D eigenvalue weighted by Crippen LogP contribution is 2.18. The molecular formula is C65H127NO5. The van der Waals surface area contributed by atoms with Gasteiger partial charge in [0, 0.05) is 12.8 Å². The van der Waals surface area contributed by atoms with Crippen molar-refractivity contribution in [2.75, 3.05) is 13.2 Å². The van der Waals surface area contributed by atoms with Crippen LogP contribution in [-0.2, 0) is 14.3 Å². The molecule has 0 rings (SSSR count). The van der Waals surface area contributed by atoms with Crippen LogP contribution in [0, 0.1) is 0 Å². The molecule has 3 N–H and O–H groups in total. The lowest BCUT2D eigenvalue weighted by molar-refractivity contribution is -0.143. The molecule has 0 spiro atoms. The zero-order chi connectivity index (χ0) is 51.4. The first kappa shape index (κ1) is 69.6. The Morgan fingerprint density at radius 1 is 0.380 bits per heavy atom. The van der Waals surface area contributed by atoms with Gasteiger partial charge in [-0.1, -0.05) is 315 Å². The molecule has 6 heteroatoms. The first-order valence-electron chi connectivity index (χ1n) is 32.4. The summed E-state index contributed by atoms with van der Waals surface area (Å²) >= 11 is 0. The second-order valence-corrected chi connectivity index (χ2v) is 22.5. The summed E-state index contributed by atoms with van der Waals surface area (Å²) in [6.07, 6.45) is 73.7. The number of nitrogens with one attached hydrogen (secondary N) is 1. The van der Waals surface area contributed by atoms with Crippen molar-refractivity contribution < 1.29 is 24.5 Å². The van der Waals surface area contributed by atoms with Crippen molar-refractivity contribution in [3.8, 4) is 0 Å². The SMILES string of the molecule is CCCCCCCCCCCCCCCCCCCCCCCCCCCC(O)C(CO)NC(=O)CCCCCCCCC/C=C\CCCCCCOC(=O)CCCCCCCCCCCCCCCC. The smallest absolute Gasteiger partial charge is 0.305 e. The van der Waals surface area contributed by atoms with Gasteiger partial charge in [-0.15, -0.1) is 0 Å². The monoisotopic (exact) mass is 1000 g/mol. The number of carbonyl (C=O) groups excluding carboxylic acids is 2. The average Bonchev–Trinajstić information content (AvgIpc) is 3.37. The van der Waals surface area contributed by atoms with Gasteiger partial charge >= 0.3 is 5.97 Å². The minimum absolute atomic E-state index is 0.00646. The van der Waals surface area contributed by atoms with Gasteiger partial charge in [0.25, 0.3) is 0 Å². The molecule has 0 aliphatic rings. The first-order valence-corrected chi connectivity index (χ1v) is 32.4. The summed E-state index contributed by atoms with van der Waals surface area (Å²) < 4.78 is 5.47. The Hall–Kier alpha value is -1.40. The molecule has 1 amide bonds. The first-order chi connectivity index (χ1) is 35.0. The third-order valence-corrected chi connectivity index (χ3v) is 15.3. The summed E-state index contributed by atoms with van der Waals surface area (Å²) in [5.74, 6) is -0.0519. The van der Waals surface area contributed by atoms with Crippen LogP contribution >= 0.6 is 0 Å². The zero-order valence-electron chi connectivity index (χ0n) is 48.2. The lowest BCUT2D eigenvalue weighted by atomic mass is 10.0. The molecule has 0 aromatic carbocycles. The van der Waals surface area contributed by atoms with Crippen LogP contribution in [0.25, 0.3) is 0 Å². The molecule has 0 fully saturated rings. The Balaban J connectivity index is 3.44. The lowest BCUT2D eigenvalue weighted by Gasteiger charge is -2.22. The number of aliphatic hydroxyl groups is 2. The maximum Gasteiger partial charge on any atom is 0.305 e. The molecular weight excluding hydrogens is 875 g/mol. The largest absolute Gasteiger partial charge is 0.466 e. The van der Waals surface area contributed by atoms with Gasteiger partial charge < -0.3 is 20.3 Å². The maximum absolute atomic E-state index is 12.5. The molecule has 422 valence electrons. The highest BCUT2D eigenvalue weighted by molar-refractivity contribution is 5.76. The summed E-state index contributed by atoms with van der Waals surface area (Å²) in [6, 6.07) is -0.553. The van der Waals surface area contributed by atoms with Crippen molar-refractivity contribution in [1.82, 2.24) is 5.32 Å². The van der Waals surface area contributed by atoms with Crippen molar-refractivity contribution in [1.29, 1.82) is 0 Å².